The average molecular weight is 1440 g/mol. The molecule has 20 aromatic rings. The topological polar surface area (TPSA) is 182 Å². The van der Waals surface area contributed by atoms with Crippen molar-refractivity contribution in [2.75, 3.05) is 0 Å². The molecule has 20 rings (SSSR count). The normalized spacial score (nSPS) is 11.4. The Morgan fingerprint density at radius 1 is 0.196 bits per heavy atom. The molecule has 0 N–H and O–H groups in total. The van der Waals surface area contributed by atoms with Gasteiger partial charge in [-0.2, -0.15) is 0 Å². The van der Waals surface area contributed by atoms with E-state index in [1.54, 1.807) is 12.4 Å². The maximum Gasteiger partial charge on any atom is 0.197 e. The highest BCUT2D eigenvalue weighted by Crippen LogP contribution is 2.46. The first-order valence-corrected chi connectivity index (χ1v) is 36.6. The zero-order valence-corrected chi connectivity index (χ0v) is 59.6. The minimum Gasteiger partial charge on any atom is -0.308 e. The Labute approximate surface area is 642 Å². The number of aromatic nitrogens is 15. The van der Waals surface area contributed by atoms with Gasteiger partial charge in [0.25, 0.3) is 0 Å². The van der Waals surface area contributed by atoms with Crippen LogP contribution in [0.4, 0.5) is 5.69 Å². The van der Waals surface area contributed by atoms with Crippen LogP contribution >= 0.6 is 0 Å². The summed E-state index contributed by atoms with van der Waals surface area (Å²) < 4.78 is 4.58. The fourth-order valence-corrected chi connectivity index (χ4v) is 14.6. The van der Waals surface area contributed by atoms with Crippen LogP contribution in [0.15, 0.2) is 352 Å². The minimum absolute atomic E-state index is 0.392. The molecule has 522 valence electrons. The molecule has 0 amide bonds. The van der Waals surface area contributed by atoms with Gasteiger partial charge in [0.05, 0.1) is 40.0 Å². The Kier molecular flexibility index (Phi) is 16.5. The molecule has 0 aliphatic carbocycles. The largest absolute Gasteiger partial charge is 0.308 e. The van der Waals surface area contributed by atoms with Crippen LogP contribution < -0.4 is 0 Å². The van der Waals surface area contributed by atoms with E-state index in [2.05, 4.69) is 97.8 Å². The van der Waals surface area contributed by atoms with Gasteiger partial charge in [0.2, 0.25) is 0 Å². The molecule has 7 heterocycles. The Morgan fingerprint density at radius 3 is 0.616 bits per heavy atom. The van der Waals surface area contributed by atoms with Crippen molar-refractivity contribution in [3.05, 3.63) is 364 Å². The third-order valence-electron chi connectivity index (χ3n) is 20.1. The molecular weight excluding hydrogens is 1380 g/mol. The van der Waals surface area contributed by atoms with Crippen LogP contribution in [0.1, 0.15) is 0 Å². The van der Waals surface area contributed by atoms with Crippen LogP contribution in [0.5, 0.6) is 0 Å². The summed E-state index contributed by atoms with van der Waals surface area (Å²) in [6, 6.07) is 114. The summed E-state index contributed by atoms with van der Waals surface area (Å²) in [4.78, 5) is 71.9. The van der Waals surface area contributed by atoms with Gasteiger partial charge in [0, 0.05) is 101 Å². The maximum absolute atomic E-state index is 9.32. The van der Waals surface area contributed by atoms with E-state index in [1.807, 2.05) is 261 Å². The summed E-state index contributed by atoms with van der Waals surface area (Å²) in [7, 11) is 0. The fraction of sp³-hybridized carbons (Fsp3) is 0. The molecule has 0 saturated heterocycles. The third kappa shape index (κ3) is 12.3. The van der Waals surface area contributed by atoms with E-state index in [1.165, 1.54) is 0 Å². The molecule has 16 heteroatoms. The SMILES string of the molecule is [C-]#[N+]c1cc(-n2c3cc(-c4nc(-c5ccccc5)nc(-c5ccccc5)n4)ccc3c3ccc(-c4nc(-c5ccccc5)nc(-c5ccccc5)n4)cc32)c(-n2c3cc(-c4nc(-c5ccccc5)nc(-c5ccccc5)n4)ccc3c3ccc(-c4nc(-c5ccccc5)nc(-c5ccccc5)n4)cc32)cc1-c1ccncc1. The van der Waals surface area contributed by atoms with E-state index >= 15 is 0 Å². The molecule has 0 saturated carbocycles. The van der Waals surface area contributed by atoms with E-state index in [0.29, 0.717) is 92.5 Å². The van der Waals surface area contributed by atoms with Crippen molar-refractivity contribution in [2.45, 2.75) is 0 Å². The lowest BCUT2D eigenvalue weighted by Gasteiger charge is -2.20. The minimum atomic E-state index is 0.392. The van der Waals surface area contributed by atoms with E-state index in [-0.39, 0.29) is 0 Å². The molecule has 0 spiro atoms. The Bertz CT molecular complexity index is 6430. The molecule has 112 heavy (non-hydrogen) atoms. The zero-order chi connectivity index (χ0) is 74.4. The van der Waals surface area contributed by atoms with E-state index in [0.717, 1.165) is 116 Å². The zero-order valence-electron chi connectivity index (χ0n) is 59.6. The van der Waals surface area contributed by atoms with E-state index in [4.69, 9.17) is 59.8 Å². The molecule has 0 unspecified atom stereocenters. The van der Waals surface area contributed by atoms with Crippen molar-refractivity contribution >= 4 is 49.3 Å². The number of hydrogen-bond donors (Lipinski definition) is 0. The standard InChI is InChI=1S/C96H58N16/c1-97-78-59-84(112-81-56-71(95-107-89(65-34-18-6-19-35-65)101-90(108-95)66-36-20-7-21-37-66)44-48-75(81)76-49-45-72(57-82(76)112)96-109-91(67-38-22-8-23-39-67)102-92(110-96)68-40-24-9-25-41-68)83(58-77(78)60-50-52-98-53-51-60)111-79-54-69(93-103-85(61-26-10-2-11-27-61)99-86(104-93)62-28-12-3-13-29-62)42-46-73(79)74-47-43-70(55-80(74)111)94-105-87(63-30-14-4-15-31-63)100-88(106-94)64-32-16-5-17-33-64/h2-59H. The molecule has 0 aliphatic rings. The molecule has 0 bridgehead atoms. The van der Waals surface area contributed by atoms with Gasteiger partial charge in [-0.3, -0.25) is 4.98 Å². The Morgan fingerprint density at radius 2 is 0.402 bits per heavy atom. The van der Waals surface area contributed by atoms with Crippen molar-refractivity contribution in [1.29, 1.82) is 0 Å². The number of benzene rings is 13. The molecule has 7 aromatic heterocycles. The first-order valence-electron chi connectivity index (χ1n) is 36.6. The van der Waals surface area contributed by atoms with Crippen molar-refractivity contribution in [1.82, 2.24) is 73.9 Å². The second-order valence-corrected chi connectivity index (χ2v) is 27.0. The Hall–Kier alpha value is -15.9. The van der Waals surface area contributed by atoms with Crippen LogP contribution in [0.3, 0.4) is 0 Å². The second kappa shape index (κ2) is 28.1. The highest BCUT2D eigenvalue weighted by molar-refractivity contribution is 6.14. The van der Waals surface area contributed by atoms with Gasteiger partial charge < -0.3 is 9.13 Å². The van der Waals surface area contributed by atoms with Crippen LogP contribution in [0, 0.1) is 6.57 Å². The second-order valence-electron chi connectivity index (χ2n) is 27.0. The highest BCUT2D eigenvalue weighted by atomic mass is 15.1. The molecule has 0 radical (unpaired) electrons. The smallest absolute Gasteiger partial charge is 0.197 e. The van der Waals surface area contributed by atoms with Gasteiger partial charge in [0.15, 0.2) is 75.6 Å². The fourth-order valence-electron chi connectivity index (χ4n) is 14.6. The molecule has 13 aromatic carbocycles. The van der Waals surface area contributed by atoms with Crippen LogP contribution in [0.25, 0.3) is 208 Å². The predicted octanol–water partition coefficient (Wildman–Crippen LogP) is 22.2. The monoisotopic (exact) mass is 1430 g/mol. The number of nitrogens with zero attached hydrogens (tertiary/aromatic N) is 16. The number of fused-ring (bicyclic) bond motifs is 6. The van der Waals surface area contributed by atoms with Crippen molar-refractivity contribution < 1.29 is 0 Å². The van der Waals surface area contributed by atoms with Crippen molar-refractivity contribution in [3.63, 3.8) is 0 Å². The average Bonchev–Trinajstić information content (AvgIpc) is 1.55. The van der Waals surface area contributed by atoms with Gasteiger partial charge in [-0.15, -0.1) is 0 Å². The lowest BCUT2D eigenvalue weighted by molar-refractivity contribution is 1.07. The number of pyridine rings is 1. The molecule has 16 nitrogen and oxygen atoms in total. The summed E-state index contributed by atoms with van der Waals surface area (Å²) in [6.45, 7) is 9.32. The molecule has 0 aliphatic heterocycles. The van der Waals surface area contributed by atoms with Gasteiger partial charge in [0.1, 0.15) is 0 Å². The van der Waals surface area contributed by atoms with Crippen molar-refractivity contribution in [2.24, 2.45) is 0 Å². The van der Waals surface area contributed by atoms with Crippen LogP contribution in [-0.4, -0.2) is 73.9 Å². The molecule has 0 fully saturated rings. The number of rotatable bonds is 15. The predicted molar refractivity (Wildman–Crippen MR) is 443 cm³/mol. The summed E-state index contributed by atoms with van der Waals surface area (Å²) in [5.41, 5.74) is 16.0. The first-order chi connectivity index (χ1) is 55.4. The van der Waals surface area contributed by atoms with Crippen LogP contribution in [0.2, 0.25) is 0 Å². The summed E-state index contributed by atoms with van der Waals surface area (Å²) in [5, 5.41) is 3.66. The molecule has 0 atom stereocenters. The highest BCUT2D eigenvalue weighted by Gasteiger charge is 2.27. The lowest BCUT2D eigenvalue weighted by Crippen LogP contribution is -2.05. The van der Waals surface area contributed by atoms with Gasteiger partial charge >= 0.3 is 0 Å². The molecular formula is C96H58N16. The maximum atomic E-state index is 9.32. The van der Waals surface area contributed by atoms with Crippen molar-refractivity contribution in [3.8, 4) is 159 Å². The Balaban J connectivity index is 0.909. The van der Waals surface area contributed by atoms with E-state index in [9.17, 15) is 6.57 Å². The van der Waals surface area contributed by atoms with Crippen LogP contribution in [-0.2, 0) is 0 Å². The summed E-state index contributed by atoms with van der Waals surface area (Å²) in [6.07, 6.45) is 3.52. The quantitative estimate of drug-likeness (QED) is 0.0885. The van der Waals surface area contributed by atoms with Gasteiger partial charge in [-0.25, -0.2) is 64.7 Å². The van der Waals surface area contributed by atoms with E-state index < -0.39 is 0 Å². The first kappa shape index (κ1) is 65.6. The summed E-state index contributed by atoms with van der Waals surface area (Å²) in [5.74, 6) is 6.04. The number of hydrogen-bond acceptors (Lipinski definition) is 13. The summed E-state index contributed by atoms with van der Waals surface area (Å²) >= 11 is 0. The van der Waals surface area contributed by atoms with Gasteiger partial charge in [-0.05, 0) is 59.7 Å². The third-order valence-corrected chi connectivity index (χ3v) is 20.1. The lowest BCUT2D eigenvalue weighted by atomic mass is 10.0. The van der Waals surface area contributed by atoms with Gasteiger partial charge in [-0.1, -0.05) is 291 Å².